The molecule has 1 amide bonds. The molecule has 0 spiro atoms. The van der Waals surface area contributed by atoms with E-state index in [9.17, 15) is 9.59 Å². The predicted molar refractivity (Wildman–Crippen MR) is 71.8 cm³/mol. The van der Waals surface area contributed by atoms with Crippen LogP contribution in [0.4, 0.5) is 0 Å². The standard InChI is InChI=1S/C14H24N2O3/c1-10(2)8-16(11-5-6-11)13(17)9-15-7-3-4-12(15)14(18)19/h10-12H,3-9H2,1-2H3,(H,18,19)/t12-/m1/s1. The van der Waals surface area contributed by atoms with Gasteiger partial charge in [-0.3, -0.25) is 14.5 Å². The van der Waals surface area contributed by atoms with Crippen molar-refractivity contribution in [1.29, 1.82) is 0 Å². The van der Waals surface area contributed by atoms with Crippen LogP contribution in [0.3, 0.4) is 0 Å². The predicted octanol–water partition coefficient (Wildman–Crippen LogP) is 1.18. The fraction of sp³-hybridized carbons (Fsp3) is 0.857. The van der Waals surface area contributed by atoms with Crippen LogP contribution in [0, 0.1) is 5.92 Å². The maximum absolute atomic E-state index is 12.4. The molecule has 0 aromatic rings. The number of rotatable bonds is 6. The molecule has 0 aromatic heterocycles. The van der Waals surface area contributed by atoms with E-state index in [2.05, 4.69) is 13.8 Å². The van der Waals surface area contributed by atoms with Gasteiger partial charge in [0.25, 0.3) is 0 Å². The maximum Gasteiger partial charge on any atom is 0.320 e. The van der Waals surface area contributed by atoms with E-state index in [0.717, 1.165) is 32.4 Å². The van der Waals surface area contributed by atoms with Crippen LogP contribution in [-0.2, 0) is 9.59 Å². The summed E-state index contributed by atoms with van der Waals surface area (Å²) in [7, 11) is 0. The van der Waals surface area contributed by atoms with Gasteiger partial charge in [0.15, 0.2) is 0 Å². The van der Waals surface area contributed by atoms with E-state index in [1.165, 1.54) is 0 Å². The number of amides is 1. The van der Waals surface area contributed by atoms with E-state index in [-0.39, 0.29) is 12.5 Å². The van der Waals surface area contributed by atoms with E-state index < -0.39 is 12.0 Å². The lowest BCUT2D eigenvalue weighted by Crippen LogP contribution is -2.46. The summed E-state index contributed by atoms with van der Waals surface area (Å²) in [6, 6.07) is -0.0650. The first kappa shape index (κ1) is 14.3. The summed E-state index contributed by atoms with van der Waals surface area (Å²) in [5.41, 5.74) is 0. The van der Waals surface area contributed by atoms with Gasteiger partial charge in [0.1, 0.15) is 6.04 Å². The average molecular weight is 268 g/mol. The third-order valence-corrected chi connectivity index (χ3v) is 3.86. The summed E-state index contributed by atoms with van der Waals surface area (Å²) >= 11 is 0. The normalized spacial score (nSPS) is 23.8. The molecule has 1 aliphatic heterocycles. The Balaban J connectivity index is 1.92. The van der Waals surface area contributed by atoms with Gasteiger partial charge in [0.2, 0.25) is 5.91 Å². The molecule has 0 bridgehead atoms. The van der Waals surface area contributed by atoms with Crippen molar-refractivity contribution in [2.75, 3.05) is 19.6 Å². The molecule has 1 heterocycles. The average Bonchev–Trinajstić information content (AvgIpc) is 3.05. The van der Waals surface area contributed by atoms with Gasteiger partial charge < -0.3 is 10.0 Å². The first-order valence-corrected chi connectivity index (χ1v) is 7.25. The largest absolute Gasteiger partial charge is 0.480 e. The SMILES string of the molecule is CC(C)CN(C(=O)CN1CCC[C@@H]1C(=O)O)C1CC1. The molecule has 1 aliphatic carbocycles. The molecule has 0 aromatic carbocycles. The summed E-state index contributed by atoms with van der Waals surface area (Å²) in [5.74, 6) is -0.241. The zero-order chi connectivity index (χ0) is 14.0. The molecule has 1 N–H and O–H groups in total. The Labute approximate surface area is 114 Å². The zero-order valence-electron chi connectivity index (χ0n) is 11.8. The van der Waals surface area contributed by atoms with Crippen LogP contribution in [0.1, 0.15) is 39.5 Å². The second-order valence-electron chi connectivity index (χ2n) is 6.14. The molecule has 108 valence electrons. The number of carboxylic acids is 1. The quantitative estimate of drug-likeness (QED) is 0.786. The van der Waals surface area contributed by atoms with Crippen LogP contribution in [0.15, 0.2) is 0 Å². The Morgan fingerprint density at radius 1 is 1.32 bits per heavy atom. The maximum atomic E-state index is 12.4. The Hall–Kier alpha value is -1.10. The first-order valence-electron chi connectivity index (χ1n) is 7.25. The van der Waals surface area contributed by atoms with Crippen molar-refractivity contribution in [1.82, 2.24) is 9.80 Å². The number of nitrogens with zero attached hydrogens (tertiary/aromatic N) is 2. The lowest BCUT2D eigenvalue weighted by molar-refractivity contribution is -0.143. The molecule has 2 aliphatic rings. The fourth-order valence-corrected chi connectivity index (χ4v) is 2.79. The zero-order valence-corrected chi connectivity index (χ0v) is 11.8. The Kier molecular flexibility index (Phi) is 4.45. The lowest BCUT2D eigenvalue weighted by Gasteiger charge is -2.28. The Bertz CT molecular complexity index is 353. The molecule has 2 fully saturated rings. The van der Waals surface area contributed by atoms with Crippen molar-refractivity contribution in [2.45, 2.75) is 51.6 Å². The van der Waals surface area contributed by atoms with Gasteiger partial charge >= 0.3 is 5.97 Å². The number of carbonyl (C=O) groups excluding carboxylic acids is 1. The number of carbonyl (C=O) groups is 2. The first-order chi connectivity index (χ1) is 8.99. The van der Waals surface area contributed by atoms with Crippen LogP contribution in [0.2, 0.25) is 0 Å². The van der Waals surface area contributed by atoms with E-state index >= 15 is 0 Å². The van der Waals surface area contributed by atoms with Gasteiger partial charge in [-0.2, -0.15) is 0 Å². The van der Waals surface area contributed by atoms with Crippen molar-refractivity contribution in [3.8, 4) is 0 Å². The van der Waals surface area contributed by atoms with Gasteiger partial charge in [0, 0.05) is 12.6 Å². The minimum absolute atomic E-state index is 0.101. The van der Waals surface area contributed by atoms with E-state index in [0.29, 0.717) is 18.4 Å². The van der Waals surface area contributed by atoms with Crippen LogP contribution in [0.25, 0.3) is 0 Å². The Morgan fingerprint density at radius 2 is 2.00 bits per heavy atom. The number of hydrogen-bond acceptors (Lipinski definition) is 3. The van der Waals surface area contributed by atoms with Crippen molar-refractivity contribution in [2.24, 2.45) is 5.92 Å². The highest BCUT2D eigenvalue weighted by Crippen LogP contribution is 2.28. The summed E-state index contributed by atoms with van der Waals surface area (Å²) in [6.07, 6.45) is 3.73. The fourth-order valence-electron chi connectivity index (χ4n) is 2.79. The summed E-state index contributed by atoms with van der Waals surface area (Å²) in [5, 5.41) is 9.14. The van der Waals surface area contributed by atoms with E-state index in [4.69, 9.17) is 5.11 Å². The number of carboxylic acid groups (broad SMARTS) is 1. The molecule has 2 rings (SSSR count). The van der Waals surface area contributed by atoms with Gasteiger partial charge in [-0.1, -0.05) is 13.8 Å². The summed E-state index contributed by atoms with van der Waals surface area (Å²) in [4.78, 5) is 27.3. The Morgan fingerprint density at radius 3 is 2.53 bits per heavy atom. The van der Waals surface area contributed by atoms with E-state index in [1.807, 2.05) is 9.80 Å². The third-order valence-electron chi connectivity index (χ3n) is 3.86. The summed E-state index contributed by atoms with van der Waals surface area (Å²) < 4.78 is 0. The van der Waals surface area contributed by atoms with Crippen molar-refractivity contribution in [3.63, 3.8) is 0 Å². The molecular formula is C14H24N2O3. The molecule has 1 saturated carbocycles. The van der Waals surface area contributed by atoms with Crippen molar-refractivity contribution >= 4 is 11.9 Å². The second-order valence-corrected chi connectivity index (χ2v) is 6.14. The molecule has 0 unspecified atom stereocenters. The van der Waals surface area contributed by atoms with E-state index in [1.54, 1.807) is 0 Å². The van der Waals surface area contributed by atoms with Crippen LogP contribution >= 0.6 is 0 Å². The molecule has 5 heteroatoms. The minimum Gasteiger partial charge on any atom is -0.480 e. The highest BCUT2D eigenvalue weighted by atomic mass is 16.4. The van der Waals surface area contributed by atoms with Crippen LogP contribution in [-0.4, -0.2) is 58.5 Å². The number of hydrogen-bond donors (Lipinski definition) is 1. The van der Waals surface area contributed by atoms with Crippen LogP contribution < -0.4 is 0 Å². The monoisotopic (exact) mass is 268 g/mol. The van der Waals surface area contributed by atoms with Crippen molar-refractivity contribution in [3.05, 3.63) is 0 Å². The van der Waals surface area contributed by atoms with Gasteiger partial charge in [-0.25, -0.2) is 0 Å². The molecule has 0 radical (unpaired) electrons. The third kappa shape index (κ3) is 3.69. The molecule has 5 nitrogen and oxygen atoms in total. The van der Waals surface area contributed by atoms with Gasteiger partial charge in [-0.15, -0.1) is 0 Å². The highest BCUT2D eigenvalue weighted by Gasteiger charge is 2.36. The number of likely N-dealkylation sites (tertiary alicyclic amines) is 1. The minimum atomic E-state index is -0.799. The lowest BCUT2D eigenvalue weighted by atomic mass is 10.2. The number of aliphatic carboxylic acids is 1. The van der Waals surface area contributed by atoms with Gasteiger partial charge in [0.05, 0.1) is 6.54 Å². The molecular weight excluding hydrogens is 244 g/mol. The summed E-state index contributed by atoms with van der Waals surface area (Å²) in [6.45, 7) is 6.00. The molecule has 19 heavy (non-hydrogen) atoms. The van der Waals surface area contributed by atoms with Crippen molar-refractivity contribution < 1.29 is 14.7 Å². The second kappa shape index (κ2) is 5.90. The highest BCUT2D eigenvalue weighted by molar-refractivity contribution is 5.80. The van der Waals surface area contributed by atoms with Crippen LogP contribution in [0.5, 0.6) is 0 Å². The molecule has 1 saturated heterocycles. The molecule has 1 atom stereocenters. The topological polar surface area (TPSA) is 60.9 Å². The smallest absolute Gasteiger partial charge is 0.320 e. The van der Waals surface area contributed by atoms with Gasteiger partial charge in [-0.05, 0) is 38.1 Å².